The van der Waals surface area contributed by atoms with Crippen LogP contribution >= 0.6 is 23.2 Å². The lowest BCUT2D eigenvalue weighted by molar-refractivity contribution is 0.386. The van der Waals surface area contributed by atoms with Crippen molar-refractivity contribution < 1.29 is 9.13 Å². The van der Waals surface area contributed by atoms with E-state index >= 15 is 0 Å². The van der Waals surface area contributed by atoms with Crippen LogP contribution in [-0.4, -0.2) is 7.11 Å². The lowest BCUT2D eigenvalue weighted by atomic mass is 9.99. The number of ether oxygens (including phenoxy) is 1. The van der Waals surface area contributed by atoms with Gasteiger partial charge < -0.3 is 10.5 Å². The summed E-state index contributed by atoms with van der Waals surface area (Å²) in [7, 11) is 1.43. The molecule has 1 unspecified atom stereocenters. The van der Waals surface area contributed by atoms with Gasteiger partial charge in [0.25, 0.3) is 0 Å². The molecule has 2 aromatic carbocycles. The molecule has 0 heterocycles. The van der Waals surface area contributed by atoms with Gasteiger partial charge in [-0.25, -0.2) is 4.39 Å². The van der Waals surface area contributed by atoms with Crippen LogP contribution in [0, 0.1) is 5.82 Å². The van der Waals surface area contributed by atoms with E-state index < -0.39 is 5.82 Å². The molecular formula is C15H14Cl2FNO. The summed E-state index contributed by atoms with van der Waals surface area (Å²) in [6, 6.07) is 9.55. The lowest BCUT2D eigenvalue weighted by Gasteiger charge is -2.15. The van der Waals surface area contributed by atoms with Crippen molar-refractivity contribution in [3.8, 4) is 5.75 Å². The van der Waals surface area contributed by atoms with Gasteiger partial charge in [-0.2, -0.15) is 0 Å². The van der Waals surface area contributed by atoms with Crippen molar-refractivity contribution in [2.75, 3.05) is 7.11 Å². The van der Waals surface area contributed by atoms with Gasteiger partial charge >= 0.3 is 0 Å². The van der Waals surface area contributed by atoms with E-state index in [1.54, 1.807) is 30.3 Å². The lowest BCUT2D eigenvalue weighted by Crippen LogP contribution is -2.14. The van der Waals surface area contributed by atoms with Gasteiger partial charge in [0.15, 0.2) is 11.6 Å². The summed E-state index contributed by atoms with van der Waals surface area (Å²) in [6.45, 7) is 0. The summed E-state index contributed by atoms with van der Waals surface area (Å²) >= 11 is 12.0. The molecule has 2 N–H and O–H groups in total. The summed E-state index contributed by atoms with van der Waals surface area (Å²) in [5, 5.41) is 1.12. The first-order valence-corrected chi connectivity index (χ1v) is 6.80. The van der Waals surface area contributed by atoms with Gasteiger partial charge in [-0.05, 0) is 47.9 Å². The van der Waals surface area contributed by atoms with Gasteiger partial charge in [0.2, 0.25) is 0 Å². The molecule has 0 amide bonds. The monoisotopic (exact) mass is 313 g/mol. The molecule has 0 saturated carbocycles. The third-order valence-corrected chi connectivity index (χ3v) is 3.61. The second kappa shape index (κ2) is 6.44. The molecule has 106 valence electrons. The summed E-state index contributed by atoms with van der Waals surface area (Å²) in [5.74, 6) is -0.197. The zero-order valence-corrected chi connectivity index (χ0v) is 12.4. The van der Waals surface area contributed by atoms with E-state index in [1.165, 1.54) is 13.2 Å². The molecule has 2 nitrogen and oxygen atoms in total. The fourth-order valence-corrected chi connectivity index (χ4v) is 2.44. The van der Waals surface area contributed by atoms with E-state index in [0.717, 1.165) is 11.1 Å². The molecule has 1 atom stereocenters. The van der Waals surface area contributed by atoms with Gasteiger partial charge in [-0.1, -0.05) is 29.3 Å². The summed E-state index contributed by atoms with van der Waals surface area (Å²) in [6.07, 6.45) is 0.459. The Morgan fingerprint density at radius 3 is 2.60 bits per heavy atom. The van der Waals surface area contributed by atoms with E-state index in [9.17, 15) is 4.39 Å². The van der Waals surface area contributed by atoms with E-state index in [0.29, 0.717) is 16.5 Å². The quantitative estimate of drug-likeness (QED) is 0.909. The SMILES string of the molecule is COc1ccc(CC(N)c2cc(Cl)ccc2Cl)cc1F. The Morgan fingerprint density at radius 1 is 1.20 bits per heavy atom. The van der Waals surface area contributed by atoms with Gasteiger partial charge in [0.1, 0.15) is 0 Å². The van der Waals surface area contributed by atoms with E-state index in [2.05, 4.69) is 0 Å². The number of nitrogens with two attached hydrogens (primary N) is 1. The van der Waals surface area contributed by atoms with Crippen LogP contribution in [0.3, 0.4) is 0 Å². The molecule has 2 aromatic rings. The van der Waals surface area contributed by atoms with Crippen molar-refractivity contribution in [1.29, 1.82) is 0 Å². The van der Waals surface area contributed by atoms with Crippen LogP contribution in [0.2, 0.25) is 10.0 Å². The number of methoxy groups -OCH3 is 1. The van der Waals surface area contributed by atoms with Crippen LogP contribution in [-0.2, 0) is 6.42 Å². The normalized spacial score (nSPS) is 12.2. The highest BCUT2D eigenvalue weighted by atomic mass is 35.5. The highest BCUT2D eigenvalue weighted by Crippen LogP contribution is 2.28. The predicted molar refractivity (Wildman–Crippen MR) is 80.0 cm³/mol. The maximum Gasteiger partial charge on any atom is 0.165 e. The average molecular weight is 314 g/mol. The highest BCUT2D eigenvalue weighted by molar-refractivity contribution is 6.33. The Balaban J connectivity index is 2.21. The van der Waals surface area contributed by atoms with Crippen molar-refractivity contribution in [1.82, 2.24) is 0 Å². The number of hydrogen-bond donors (Lipinski definition) is 1. The van der Waals surface area contributed by atoms with Crippen molar-refractivity contribution in [3.05, 3.63) is 63.4 Å². The highest BCUT2D eigenvalue weighted by Gasteiger charge is 2.13. The van der Waals surface area contributed by atoms with E-state index in [4.69, 9.17) is 33.7 Å². The van der Waals surface area contributed by atoms with Crippen LogP contribution in [0.15, 0.2) is 36.4 Å². The van der Waals surface area contributed by atoms with Gasteiger partial charge in [-0.3, -0.25) is 0 Å². The van der Waals surface area contributed by atoms with Crippen LogP contribution < -0.4 is 10.5 Å². The van der Waals surface area contributed by atoms with Gasteiger partial charge in [0.05, 0.1) is 7.11 Å². The molecule has 0 aliphatic carbocycles. The molecule has 0 aromatic heterocycles. The smallest absolute Gasteiger partial charge is 0.165 e. The number of halogens is 3. The Bertz CT molecular complexity index is 619. The van der Waals surface area contributed by atoms with Crippen molar-refractivity contribution in [2.24, 2.45) is 5.73 Å². The fourth-order valence-electron chi connectivity index (χ4n) is 2.00. The molecule has 0 saturated heterocycles. The van der Waals surface area contributed by atoms with Gasteiger partial charge in [-0.15, -0.1) is 0 Å². The van der Waals surface area contributed by atoms with Crippen LogP contribution in [0.1, 0.15) is 17.2 Å². The van der Waals surface area contributed by atoms with Crippen molar-refractivity contribution in [3.63, 3.8) is 0 Å². The standard InChI is InChI=1S/C15H14Cl2FNO/c1-20-15-5-2-9(6-13(15)18)7-14(19)11-8-10(16)3-4-12(11)17/h2-6,8,14H,7,19H2,1H3. The first-order valence-electron chi connectivity index (χ1n) is 6.04. The van der Waals surface area contributed by atoms with Crippen molar-refractivity contribution in [2.45, 2.75) is 12.5 Å². The molecule has 0 aliphatic heterocycles. The molecule has 2 rings (SSSR count). The minimum atomic E-state index is -0.408. The second-order valence-electron chi connectivity index (χ2n) is 4.45. The fraction of sp³-hybridized carbons (Fsp3) is 0.200. The van der Waals surface area contributed by atoms with Crippen LogP contribution in [0.25, 0.3) is 0 Å². The van der Waals surface area contributed by atoms with E-state index in [1.807, 2.05) is 0 Å². The predicted octanol–water partition coefficient (Wildman–Crippen LogP) is 4.38. The molecule has 0 aliphatic rings. The molecule has 20 heavy (non-hydrogen) atoms. The third-order valence-electron chi connectivity index (χ3n) is 3.03. The van der Waals surface area contributed by atoms with Crippen molar-refractivity contribution >= 4 is 23.2 Å². The number of rotatable bonds is 4. The molecule has 5 heteroatoms. The number of benzene rings is 2. The largest absolute Gasteiger partial charge is 0.494 e. The first-order chi connectivity index (χ1) is 9.51. The molecule has 0 spiro atoms. The molecule has 0 bridgehead atoms. The second-order valence-corrected chi connectivity index (χ2v) is 5.29. The van der Waals surface area contributed by atoms with Gasteiger partial charge in [0, 0.05) is 16.1 Å². The minimum Gasteiger partial charge on any atom is -0.494 e. The Labute approximate surface area is 127 Å². The molecule has 0 radical (unpaired) electrons. The summed E-state index contributed by atoms with van der Waals surface area (Å²) in [4.78, 5) is 0. The zero-order chi connectivity index (χ0) is 14.7. The van der Waals surface area contributed by atoms with Crippen LogP contribution in [0.5, 0.6) is 5.75 Å². The molecular weight excluding hydrogens is 300 g/mol. The average Bonchev–Trinajstić information content (AvgIpc) is 2.41. The maximum atomic E-state index is 13.6. The summed E-state index contributed by atoms with van der Waals surface area (Å²) < 4.78 is 18.5. The Kier molecular flexibility index (Phi) is 4.86. The first kappa shape index (κ1) is 15.1. The molecule has 0 fully saturated rings. The maximum absolute atomic E-state index is 13.6. The minimum absolute atomic E-state index is 0.211. The van der Waals surface area contributed by atoms with Crippen LogP contribution in [0.4, 0.5) is 4.39 Å². The topological polar surface area (TPSA) is 35.2 Å². The Morgan fingerprint density at radius 2 is 1.95 bits per heavy atom. The third kappa shape index (κ3) is 3.42. The van der Waals surface area contributed by atoms with E-state index in [-0.39, 0.29) is 11.8 Å². The Hall–Kier alpha value is -1.29. The number of hydrogen-bond acceptors (Lipinski definition) is 2. The zero-order valence-electron chi connectivity index (χ0n) is 10.9. The summed E-state index contributed by atoms with van der Waals surface area (Å²) in [5.41, 5.74) is 7.64.